The van der Waals surface area contributed by atoms with Crippen molar-refractivity contribution in [1.29, 1.82) is 0 Å². The Kier molecular flexibility index (Phi) is 9.41. The molecule has 2 aromatic carbocycles. The van der Waals surface area contributed by atoms with Gasteiger partial charge in [-0.15, -0.1) is 0 Å². The number of benzene rings is 2. The summed E-state index contributed by atoms with van der Waals surface area (Å²) in [5, 5.41) is 6.39. The predicted octanol–water partition coefficient (Wildman–Crippen LogP) is 3.35. The van der Waals surface area contributed by atoms with Crippen molar-refractivity contribution >= 4 is 17.5 Å². The molecule has 0 spiro atoms. The van der Waals surface area contributed by atoms with E-state index < -0.39 is 0 Å². The van der Waals surface area contributed by atoms with E-state index in [0.29, 0.717) is 44.2 Å². The molecule has 0 N–H and O–H groups in total. The van der Waals surface area contributed by atoms with Crippen LogP contribution in [0.4, 0.5) is 0 Å². The standard InChI is InChI=1S/C31H40N4O6/c1-38-25-10-7-22(8-11-25)26-20-27(24-9-12-28(39-2)29(19-24)40-3)35(32-26)30(36)21-34(31(37)23-5-4-6-23)14-13-33-15-17-41-18-16-33/h7-12,19,23,27H,4-6,13-18,20-21H2,1-3H3/t27-/m0/s1. The Bertz CT molecular complexity index is 1240. The molecule has 2 fully saturated rings. The maximum absolute atomic E-state index is 14.0. The molecule has 1 aliphatic carbocycles. The van der Waals surface area contributed by atoms with E-state index >= 15 is 0 Å². The molecule has 10 nitrogen and oxygen atoms in total. The molecule has 1 saturated heterocycles. The van der Waals surface area contributed by atoms with Gasteiger partial charge in [0, 0.05) is 38.5 Å². The Morgan fingerprint density at radius 2 is 1.71 bits per heavy atom. The summed E-state index contributed by atoms with van der Waals surface area (Å²) in [6.07, 6.45) is 3.36. The number of rotatable bonds is 11. The lowest BCUT2D eigenvalue weighted by molar-refractivity contribution is -0.145. The molecular weight excluding hydrogens is 524 g/mol. The Balaban J connectivity index is 1.40. The number of amides is 2. The van der Waals surface area contributed by atoms with Gasteiger partial charge in [0.05, 0.1) is 46.3 Å². The maximum atomic E-state index is 14.0. The zero-order valence-corrected chi connectivity index (χ0v) is 24.2. The normalized spacial score (nSPS) is 19.3. The molecule has 1 saturated carbocycles. The van der Waals surface area contributed by atoms with Gasteiger partial charge >= 0.3 is 0 Å². The largest absolute Gasteiger partial charge is 0.497 e. The van der Waals surface area contributed by atoms with Gasteiger partial charge in [0.15, 0.2) is 11.5 Å². The van der Waals surface area contributed by atoms with Gasteiger partial charge < -0.3 is 23.8 Å². The summed E-state index contributed by atoms with van der Waals surface area (Å²) in [6, 6.07) is 13.0. The summed E-state index contributed by atoms with van der Waals surface area (Å²) in [7, 11) is 4.82. The van der Waals surface area contributed by atoms with Crippen LogP contribution in [0.25, 0.3) is 0 Å². The third-order valence-electron chi connectivity index (χ3n) is 8.26. The summed E-state index contributed by atoms with van der Waals surface area (Å²) in [6.45, 7) is 4.27. The molecule has 0 bridgehead atoms. The van der Waals surface area contributed by atoms with E-state index in [1.807, 2.05) is 42.5 Å². The number of carbonyl (C=O) groups excluding carboxylic acids is 2. The molecular formula is C31H40N4O6. The number of carbonyl (C=O) groups is 2. The minimum Gasteiger partial charge on any atom is -0.497 e. The van der Waals surface area contributed by atoms with Gasteiger partial charge in [-0.2, -0.15) is 5.10 Å². The van der Waals surface area contributed by atoms with Crippen molar-refractivity contribution in [2.75, 3.05) is 67.3 Å². The fraction of sp³-hybridized carbons (Fsp3) is 0.516. The first-order valence-electron chi connectivity index (χ1n) is 14.4. The summed E-state index contributed by atoms with van der Waals surface area (Å²) < 4.78 is 21.8. The number of nitrogens with zero attached hydrogens (tertiary/aromatic N) is 4. The SMILES string of the molecule is COc1ccc(C2=NN(C(=O)CN(CCN3CCOCC3)C(=O)C3CCC3)[C@H](c3ccc(OC)c(OC)c3)C2)cc1. The highest BCUT2D eigenvalue weighted by Crippen LogP contribution is 2.38. The van der Waals surface area contributed by atoms with Crippen LogP contribution in [0.3, 0.4) is 0 Å². The third-order valence-corrected chi connectivity index (χ3v) is 8.26. The predicted molar refractivity (Wildman–Crippen MR) is 154 cm³/mol. The minimum absolute atomic E-state index is 0.00562. The van der Waals surface area contributed by atoms with Crippen LogP contribution >= 0.6 is 0 Å². The number of methoxy groups -OCH3 is 3. The lowest BCUT2D eigenvalue weighted by Crippen LogP contribution is -2.49. The van der Waals surface area contributed by atoms with Crippen LogP contribution in [0, 0.1) is 5.92 Å². The molecule has 2 heterocycles. The highest BCUT2D eigenvalue weighted by atomic mass is 16.5. The van der Waals surface area contributed by atoms with Crippen LogP contribution in [0.2, 0.25) is 0 Å². The first-order valence-corrected chi connectivity index (χ1v) is 14.4. The van der Waals surface area contributed by atoms with Gasteiger partial charge in [0.2, 0.25) is 5.91 Å². The second-order valence-corrected chi connectivity index (χ2v) is 10.7. The smallest absolute Gasteiger partial charge is 0.262 e. The molecule has 10 heteroatoms. The average Bonchev–Trinajstić information content (AvgIpc) is 3.44. The Labute approximate surface area is 241 Å². The second-order valence-electron chi connectivity index (χ2n) is 10.7. The number of ether oxygens (including phenoxy) is 4. The van der Waals surface area contributed by atoms with Gasteiger partial charge in [0.1, 0.15) is 12.3 Å². The molecule has 2 aliphatic heterocycles. The van der Waals surface area contributed by atoms with E-state index in [-0.39, 0.29) is 30.3 Å². The van der Waals surface area contributed by atoms with Gasteiger partial charge in [-0.05, 0) is 60.4 Å². The van der Waals surface area contributed by atoms with Crippen LogP contribution in [0.15, 0.2) is 47.6 Å². The number of hydrogen-bond donors (Lipinski definition) is 0. The van der Waals surface area contributed by atoms with Gasteiger partial charge in [0.25, 0.3) is 5.91 Å². The topological polar surface area (TPSA) is 93.1 Å². The summed E-state index contributed by atoms with van der Waals surface area (Å²) in [4.78, 5) is 31.5. The van der Waals surface area contributed by atoms with E-state index in [0.717, 1.165) is 54.9 Å². The third kappa shape index (κ3) is 6.65. The lowest BCUT2D eigenvalue weighted by Gasteiger charge is -2.34. The van der Waals surface area contributed by atoms with Gasteiger partial charge in [-0.1, -0.05) is 12.5 Å². The van der Waals surface area contributed by atoms with Crippen molar-refractivity contribution in [2.24, 2.45) is 11.0 Å². The molecule has 0 radical (unpaired) electrons. The van der Waals surface area contributed by atoms with E-state index in [9.17, 15) is 9.59 Å². The number of hydrogen-bond acceptors (Lipinski definition) is 8. The first-order chi connectivity index (χ1) is 20.0. The van der Waals surface area contributed by atoms with E-state index in [1.165, 1.54) is 0 Å². The lowest BCUT2D eigenvalue weighted by atomic mass is 9.84. The first kappa shape index (κ1) is 28.9. The average molecular weight is 565 g/mol. The van der Waals surface area contributed by atoms with Crippen molar-refractivity contribution in [3.63, 3.8) is 0 Å². The molecule has 0 aromatic heterocycles. The fourth-order valence-electron chi connectivity index (χ4n) is 5.52. The van der Waals surface area contributed by atoms with Crippen LogP contribution in [0.5, 0.6) is 17.2 Å². The van der Waals surface area contributed by atoms with E-state index in [1.54, 1.807) is 31.2 Å². The van der Waals surface area contributed by atoms with Crippen molar-refractivity contribution in [3.05, 3.63) is 53.6 Å². The highest BCUT2D eigenvalue weighted by molar-refractivity contribution is 6.03. The van der Waals surface area contributed by atoms with Crippen molar-refractivity contribution in [3.8, 4) is 17.2 Å². The Morgan fingerprint density at radius 3 is 2.34 bits per heavy atom. The fourth-order valence-corrected chi connectivity index (χ4v) is 5.52. The molecule has 41 heavy (non-hydrogen) atoms. The Hall–Kier alpha value is -3.63. The van der Waals surface area contributed by atoms with Gasteiger partial charge in [-0.25, -0.2) is 5.01 Å². The molecule has 2 amide bonds. The minimum atomic E-state index is -0.348. The molecule has 5 rings (SSSR count). The van der Waals surface area contributed by atoms with Crippen molar-refractivity contribution < 1.29 is 28.5 Å². The van der Waals surface area contributed by atoms with Crippen LogP contribution in [0.1, 0.15) is 42.9 Å². The second kappa shape index (κ2) is 13.4. The number of morpholine rings is 1. The zero-order chi connectivity index (χ0) is 28.8. The highest BCUT2D eigenvalue weighted by Gasteiger charge is 2.37. The molecule has 2 aromatic rings. The van der Waals surface area contributed by atoms with E-state index in [2.05, 4.69) is 4.90 Å². The van der Waals surface area contributed by atoms with Crippen molar-refractivity contribution in [1.82, 2.24) is 14.8 Å². The van der Waals surface area contributed by atoms with Crippen LogP contribution < -0.4 is 14.2 Å². The molecule has 220 valence electrons. The molecule has 3 aliphatic rings. The monoisotopic (exact) mass is 564 g/mol. The summed E-state index contributed by atoms with van der Waals surface area (Å²) >= 11 is 0. The summed E-state index contributed by atoms with van der Waals surface area (Å²) in [5.74, 6) is 1.82. The molecule has 0 unspecified atom stereocenters. The Morgan fingerprint density at radius 1 is 0.976 bits per heavy atom. The van der Waals surface area contributed by atoms with Crippen LogP contribution in [-0.2, 0) is 14.3 Å². The quantitative estimate of drug-likeness (QED) is 0.413. The number of hydrazone groups is 1. The van der Waals surface area contributed by atoms with E-state index in [4.69, 9.17) is 24.0 Å². The summed E-state index contributed by atoms with van der Waals surface area (Å²) in [5.41, 5.74) is 2.60. The molecule has 1 atom stereocenters. The van der Waals surface area contributed by atoms with Crippen LogP contribution in [-0.4, -0.2) is 99.6 Å². The maximum Gasteiger partial charge on any atom is 0.262 e. The zero-order valence-electron chi connectivity index (χ0n) is 24.2. The van der Waals surface area contributed by atoms with Crippen molar-refractivity contribution in [2.45, 2.75) is 31.7 Å². The van der Waals surface area contributed by atoms with Gasteiger partial charge in [-0.3, -0.25) is 14.5 Å².